The van der Waals surface area contributed by atoms with Gasteiger partial charge in [0.25, 0.3) is 0 Å². The van der Waals surface area contributed by atoms with Crippen molar-refractivity contribution in [2.24, 2.45) is 5.73 Å². The minimum Gasteiger partial charge on any atom is -0.494 e. The van der Waals surface area contributed by atoms with Crippen LogP contribution in [-0.2, 0) is 4.74 Å². The molecular formula is C14H23NO3. The standard InChI is InChI=1S/C14H23NO3/c1-4-17-13-7-5-12(6-8-13)14(9-15)18-11(3)10(2)16/h5-8,10-11,14,16H,4,9,15H2,1-3H3. The lowest BCUT2D eigenvalue weighted by atomic mass is 10.1. The van der Waals surface area contributed by atoms with Crippen molar-refractivity contribution in [3.63, 3.8) is 0 Å². The van der Waals surface area contributed by atoms with Gasteiger partial charge in [0, 0.05) is 6.54 Å². The Kier molecular flexibility index (Phi) is 6.12. The number of nitrogens with two attached hydrogens (primary N) is 1. The summed E-state index contributed by atoms with van der Waals surface area (Å²) in [6.07, 6.45) is -0.961. The SMILES string of the molecule is CCOc1ccc(C(CN)OC(C)C(C)O)cc1. The van der Waals surface area contributed by atoms with Gasteiger partial charge in [-0.2, -0.15) is 0 Å². The van der Waals surface area contributed by atoms with Gasteiger partial charge in [-0.25, -0.2) is 0 Å². The first-order valence-corrected chi connectivity index (χ1v) is 6.34. The molecule has 4 nitrogen and oxygen atoms in total. The van der Waals surface area contributed by atoms with Gasteiger partial charge in [-0.15, -0.1) is 0 Å². The topological polar surface area (TPSA) is 64.7 Å². The molecule has 3 atom stereocenters. The van der Waals surface area contributed by atoms with Gasteiger partial charge in [-0.05, 0) is 38.5 Å². The predicted octanol–water partition coefficient (Wildman–Crippen LogP) is 1.87. The van der Waals surface area contributed by atoms with E-state index in [0.29, 0.717) is 13.2 Å². The van der Waals surface area contributed by atoms with Crippen molar-refractivity contribution in [1.29, 1.82) is 0 Å². The molecule has 1 aromatic carbocycles. The average Bonchev–Trinajstić information content (AvgIpc) is 2.37. The molecule has 1 aromatic rings. The molecule has 0 saturated heterocycles. The molecule has 1 rings (SSSR count). The van der Waals surface area contributed by atoms with Crippen LogP contribution in [0.5, 0.6) is 5.75 Å². The van der Waals surface area contributed by atoms with E-state index < -0.39 is 6.10 Å². The van der Waals surface area contributed by atoms with E-state index in [0.717, 1.165) is 11.3 Å². The number of hydrogen-bond donors (Lipinski definition) is 2. The van der Waals surface area contributed by atoms with Gasteiger partial charge in [-0.3, -0.25) is 0 Å². The highest BCUT2D eigenvalue weighted by molar-refractivity contribution is 5.28. The first-order valence-electron chi connectivity index (χ1n) is 6.34. The normalized spacial score (nSPS) is 16.1. The lowest BCUT2D eigenvalue weighted by Crippen LogP contribution is -2.28. The molecule has 0 aromatic heterocycles. The number of aliphatic hydroxyl groups excluding tert-OH is 1. The highest BCUT2D eigenvalue weighted by atomic mass is 16.5. The van der Waals surface area contributed by atoms with E-state index in [1.807, 2.05) is 38.1 Å². The van der Waals surface area contributed by atoms with Crippen molar-refractivity contribution in [2.75, 3.05) is 13.2 Å². The average molecular weight is 253 g/mol. The summed E-state index contributed by atoms with van der Waals surface area (Å²) in [5.74, 6) is 0.834. The molecule has 0 spiro atoms. The third-order valence-electron chi connectivity index (χ3n) is 2.84. The Morgan fingerprint density at radius 3 is 2.28 bits per heavy atom. The molecule has 0 bridgehead atoms. The van der Waals surface area contributed by atoms with E-state index in [-0.39, 0.29) is 12.2 Å². The maximum Gasteiger partial charge on any atom is 0.119 e. The third kappa shape index (κ3) is 4.29. The monoisotopic (exact) mass is 253 g/mol. The fourth-order valence-corrected chi connectivity index (χ4v) is 1.59. The van der Waals surface area contributed by atoms with Gasteiger partial charge < -0.3 is 20.3 Å². The van der Waals surface area contributed by atoms with Crippen LogP contribution in [0.25, 0.3) is 0 Å². The fraction of sp³-hybridized carbons (Fsp3) is 0.571. The molecule has 3 unspecified atom stereocenters. The highest BCUT2D eigenvalue weighted by Gasteiger charge is 2.17. The van der Waals surface area contributed by atoms with Crippen LogP contribution in [-0.4, -0.2) is 30.5 Å². The molecular weight excluding hydrogens is 230 g/mol. The van der Waals surface area contributed by atoms with Crippen LogP contribution in [0.3, 0.4) is 0 Å². The Morgan fingerprint density at radius 1 is 1.22 bits per heavy atom. The molecule has 0 aliphatic heterocycles. The van der Waals surface area contributed by atoms with Crippen LogP contribution >= 0.6 is 0 Å². The van der Waals surface area contributed by atoms with Crippen LogP contribution in [0, 0.1) is 0 Å². The molecule has 0 fully saturated rings. The molecule has 0 saturated carbocycles. The second-order valence-electron chi connectivity index (χ2n) is 4.31. The second kappa shape index (κ2) is 7.36. The molecule has 0 radical (unpaired) electrons. The van der Waals surface area contributed by atoms with E-state index in [4.69, 9.17) is 15.2 Å². The highest BCUT2D eigenvalue weighted by Crippen LogP contribution is 2.22. The minimum absolute atomic E-state index is 0.203. The maximum atomic E-state index is 9.44. The van der Waals surface area contributed by atoms with Crippen molar-refractivity contribution in [3.8, 4) is 5.75 Å². The maximum absolute atomic E-state index is 9.44. The molecule has 18 heavy (non-hydrogen) atoms. The molecule has 0 amide bonds. The number of rotatable bonds is 7. The Labute approximate surface area is 109 Å². The number of ether oxygens (including phenoxy) is 2. The Balaban J connectivity index is 2.69. The Bertz CT molecular complexity index is 337. The summed E-state index contributed by atoms with van der Waals surface area (Å²) in [6.45, 7) is 6.52. The molecule has 102 valence electrons. The fourth-order valence-electron chi connectivity index (χ4n) is 1.59. The van der Waals surface area contributed by atoms with E-state index >= 15 is 0 Å². The lowest BCUT2D eigenvalue weighted by Gasteiger charge is -2.23. The van der Waals surface area contributed by atoms with Crippen molar-refractivity contribution in [1.82, 2.24) is 0 Å². The number of benzene rings is 1. The van der Waals surface area contributed by atoms with Gasteiger partial charge in [0.05, 0.1) is 24.9 Å². The molecule has 3 N–H and O–H groups in total. The van der Waals surface area contributed by atoms with E-state index in [9.17, 15) is 5.11 Å². The zero-order valence-electron chi connectivity index (χ0n) is 11.3. The summed E-state index contributed by atoms with van der Waals surface area (Å²) in [7, 11) is 0. The summed E-state index contributed by atoms with van der Waals surface area (Å²) < 4.78 is 11.1. The number of aliphatic hydroxyl groups is 1. The summed E-state index contributed by atoms with van der Waals surface area (Å²) in [6, 6.07) is 7.68. The summed E-state index contributed by atoms with van der Waals surface area (Å²) in [5.41, 5.74) is 6.71. The van der Waals surface area contributed by atoms with E-state index in [1.165, 1.54) is 0 Å². The van der Waals surface area contributed by atoms with Crippen molar-refractivity contribution in [2.45, 2.75) is 39.1 Å². The van der Waals surface area contributed by atoms with Gasteiger partial charge in [0.2, 0.25) is 0 Å². The molecule has 0 heterocycles. The van der Waals surface area contributed by atoms with Crippen LogP contribution in [0.2, 0.25) is 0 Å². The number of hydrogen-bond acceptors (Lipinski definition) is 4. The van der Waals surface area contributed by atoms with Crippen molar-refractivity contribution in [3.05, 3.63) is 29.8 Å². The predicted molar refractivity (Wildman–Crippen MR) is 71.6 cm³/mol. The summed E-state index contributed by atoms with van der Waals surface area (Å²) >= 11 is 0. The smallest absolute Gasteiger partial charge is 0.119 e. The lowest BCUT2D eigenvalue weighted by molar-refractivity contribution is -0.0591. The Morgan fingerprint density at radius 2 is 1.83 bits per heavy atom. The zero-order valence-corrected chi connectivity index (χ0v) is 11.3. The largest absolute Gasteiger partial charge is 0.494 e. The third-order valence-corrected chi connectivity index (χ3v) is 2.84. The first kappa shape index (κ1) is 15.0. The molecule has 0 aliphatic carbocycles. The van der Waals surface area contributed by atoms with Crippen LogP contribution in [0.1, 0.15) is 32.4 Å². The van der Waals surface area contributed by atoms with E-state index in [1.54, 1.807) is 6.92 Å². The van der Waals surface area contributed by atoms with Crippen molar-refractivity contribution < 1.29 is 14.6 Å². The summed E-state index contributed by atoms with van der Waals surface area (Å²) in [5, 5.41) is 9.44. The van der Waals surface area contributed by atoms with Gasteiger partial charge in [0.1, 0.15) is 5.75 Å². The van der Waals surface area contributed by atoms with Gasteiger partial charge in [-0.1, -0.05) is 12.1 Å². The van der Waals surface area contributed by atoms with Crippen molar-refractivity contribution >= 4 is 0 Å². The van der Waals surface area contributed by atoms with E-state index in [2.05, 4.69) is 0 Å². The zero-order chi connectivity index (χ0) is 13.5. The minimum atomic E-state index is -0.512. The quantitative estimate of drug-likeness (QED) is 0.778. The van der Waals surface area contributed by atoms with Gasteiger partial charge in [0.15, 0.2) is 0 Å². The summed E-state index contributed by atoms with van der Waals surface area (Å²) in [4.78, 5) is 0. The van der Waals surface area contributed by atoms with Crippen LogP contribution in [0.15, 0.2) is 24.3 Å². The van der Waals surface area contributed by atoms with Crippen LogP contribution in [0.4, 0.5) is 0 Å². The van der Waals surface area contributed by atoms with Crippen LogP contribution < -0.4 is 10.5 Å². The first-order chi connectivity index (χ1) is 8.58. The second-order valence-corrected chi connectivity index (χ2v) is 4.31. The Hall–Kier alpha value is -1.10. The molecule has 4 heteroatoms. The van der Waals surface area contributed by atoms with Gasteiger partial charge >= 0.3 is 0 Å². The molecule has 0 aliphatic rings.